The Bertz CT molecular complexity index is 537. The third-order valence-corrected chi connectivity index (χ3v) is 3.72. The molecule has 1 atom stereocenters. The third kappa shape index (κ3) is 4.56. The monoisotopic (exact) mass is 334 g/mol. The minimum Gasteiger partial charge on any atom is -0.465 e. The largest absolute Gasteiger partial charge is 0.465 e. The van der Waals surface area contributed by atoms with E-state index in [-0.39, 0.29) is 34.4 Å². The number of benzene rings is 1. The number of halogens is 2. The zero-order valence-electron chi connectivity index (χ0n) is 11.7. The van der Waals surface area contributed by atoms with Gasteiger partial charge in [0.2, 0.25) is 0 Å². The second-order valence-electron chi connectivity index (χ2n) is 4.21. The number of nitro groups is 1. The van der Waals surface area contributed by atoms with E-state index >= 15 is 0 Å². The summed E-state index contributed by atoms with van der Waals surface area (Å²) in [6.07, 6.45) is 0.491. The van der Waals surface area contributed by atoms with E-state index in [1.165, 1.54) is 12.1 Å². The first-order valence-corrected chi connectivity index (χ1v) is 7.19. The average Bonchev–Trinajstić information content (AvgIpc) is 2.43. The number of ether oxygens (including phenoxy) is 1. The summed E-state index contributed by atoms with van der Waals surface area (Å²) in [5.41, 5.74) is 0.104. The molecule has 0 saturated heterocycles. The minimum atomic E-state index is -0.556. The second kappa shape index (κ2) is 8.17. The zero-order chi connectivity index (χ0) is 16.0. The van der Waals surface area contributed by atoms with Crippen molar-refractivity contribution < 1.29 is 14.5 Å². The number of carbonyl (C=O) groups is 1. The normalized spacial score (nSPS) is 12.0. The summed E-state index contributed by atoms with van der Waals surface area (Å²) in [6.45, 7) is 3.84. The quantitative estimate of drug-likeness (QED) is 0.469. The smallest absolute Gasteiger partial charge is 0.323 e. The van der Waals surface area contributed by atoms with Crippen LogP contribution in [0.5, 0.6) is 0 Å². The number of nitro benzene ring substituents is 1. The lowest BCUT2D eigenvalue weighted by atomic mass is 10.1. The lowest BCUT2D eigenvalue weighted by molar-refractivity contribution is -0.385. The van der Waals surface area contributed by atoms with Crippen LogP contribution in [0.15, 0.2) is 12.1 Å². The van der Waals surface area contributed by atoms with Crippen LogP contribution < -0.4 is 5.32 Å². The standard InChI is InChI=1S/C13H16Cl2N2O4/c1-3-10(13(18)21-4-2)16-7-8-11(17(19)20)6-5-9(14)12(8)15/h5-6,10,16H,3-4,7H2,1-2H3. The molecule has 0 heterocycles. The van der Waals surface area contributed by atoms with Gasteiger partial charge in [0.05, 0.1) is 27.1 Å². The van der Waals surface area contributed by atoms with E-state index < -0.39 is 16.9 Å². The molecule has 0 bridgehead atoms. The van der Waals surface area contributed by atoms with Gasteiger partial charge >= 0.3 is 5.97 Å². The minimum absolute atomic E-state index is 0.0486. The fraction of sp³-hybridized carbons (Fsp3) is 0.462. The number of hydrogen-bond donors (Lipinski definition) is 1. The third-order valence-electron chi connectivity index (χ3n) is 2.87. The molecule has 8 heteroatoms. The highest BCUT2D eigenvalue weighted by molar-refractivity contribution is 6.42. The summed E-state index contributed by atoms with van der Waals surface area (Å²) in [5, 5.41) is 14.3. The highest BCUT2D eigenvalue weighted by atomic mass is 35.5. The number of carbonyl (C=O) groups excluding carboxylic acids is 1. The Morgan fingerprint density at radius 1 is 1.43 bits per heavy atom. The van der Waals surface area contributed by atoms with E-state index in [2.05, 4.69) is 5.32 Å². The molecule has 0 spiro atoms. The van der Waals surface area contributed by atoms with Crippen LogP contribution in [0.25, 0.3) is 0 Å². The molecule has 0 aliphatic rings. The summed E-state index contributed by atoms with van der Waals surface area (Å²) in [7, 11) is 0. The maximum atomic E-state index is 11.7. The van der Waals surface area contributed by atoms with Crippen LogP contribution in [-0.4, -0.2) is 23.5 Å². The summed E-state index contributed by atoms with van der Waals surface area (Å²) in [6, 6.07) is 2.10. The van der Waals surface area contributed by atoms with Crippen LogP contribution >= 0.6 is 23.2 Å². The molecular weight excluding hydrogens is 319 g/mol. The predicted molar refractivity (Wildman–Crippen MR) is 80.7 cm³/mol. The number of nitrogens with one attached hydrogen (secondary N) is 1. The SMILES string of the molecule is CCOC(=O)C(CC)NCc1c([N+](=O)[O-])ccc(Cl)c1Cl. The van der Waals surface area contributed by atoms with Gasteiger partial charge in [0.1, 0.15) is 6.04 Å². The van der Waals surface area contributed by atoms with Gasteiger partial charge in [0.25, 0.3) is 5.69 Å². The van der Waals surface area contributed by atoms with Crippen molar-refractivity contribution in [1.82, 2.24) is 5.32 Å². The fourth-order valence-corrected chi connectivity index (χ4v) is 2.19. The van der Waals surface area contributed by atoms with E-state index in [4.69, 9.17) is 27.9 Å². The van der Waals surface area contributed by atoms with Crippen molar-refractivity contribution in [3.63, 3.8) is 0 Å². The molecule has 1 N–H and O–H groups in total. The van der Waals surface area contributed by atoms with Crippen molar-refractivity contribution >= 4 is 34.9 Å². The van der Waals surface area contributed by atoms with Crippen LogP contribution in [0.3, 0.4) is 0 Å². The highest BCUT2D eigenvalue weighted by Gasteiger charge is 2.22. The summed E-state index contributed by atoms with van der Waals surface area (Å²) in [4.78, 5) is 22.2. The molecular formula is C13H16Cl2N2O4. The van der Waals surface area contributed by atoms with E-state index in [9.17, 15) is 14.9 Å². The van der Waals surface area contributed by atoms with Crippen LogP contribution in [-0.2, 0) is 16.1 Å². The molecule has 1 aromatic rings. The number of rotatable bonds is 7. The molecule has 21 heavy (non-hydrogen) atoms. The highest BCUT2D eigenvalue weighted by Crippen LogP contribution is 2.32. The molecule has 0 aromatic heterocycles. The lowest BCUT2D eigenvalue weighted by Gasteiger charge is -2.16. The van der Waals surface area contributed by atoms with Gasteiger partial charge in [-0.05, 0) is 19.4 Å². The van der Waals surface area contributed by atoms with E-state index in [1.54, 1.807) is 6.92 Å². The molecule has 0 aliphatic carbocycles. The summed E-state index contributed by atoms with van der Waals surface area (Å²) in [5.74, 6) is -0.402. The molecule has 0 aliphatic heterocycles. The molecule has 1 unspecified atom stereocenters. The zero-order valence-corrected chi connectivity index (χ0v) is 13.2. The molecule has 1 aromatic carbocycles. The summed E-state index contributed by atoms with van der Waals surface area (Å²) < 4.78 is 4.92. The number of nitrogens with zero attached hydrogens (tertiary/aromatic N) is 1. The molecule has 1 rings (SSSR count). The van der Waals surface area contributed by atoms with Crippen molar-refractivity contribution in [2.75, 3.05) is 6.61 Å². The van der Waals surface area contributed by atoms with Gasteiger partial charge in [0.15, 0.2) is 0 Å². The predicted octanol–water partition coefficient (Wildman–Crippen LogP) is 3.33. The van der Waals surface area contributed by atoms with Crippen molar-refractivity contribution in [3.8, 4) is 0 Å². The van der Waals surface area contributed by atoms with E-state index in [0.29, 0.717) is 6.42 Å². The number of esters is 1. The van der Waals surface area contributed by atoms with Crippen LogP contribution in [0.4, 0.5) is 5.69 Å². The van der Waals surface area contributed by atoms with Gasteiger partial charge in [-0.1, -0.05) is 30.1 Å². The fourth-order valence-electron chi connectivity index (χ4n) is 1.78. The van der Waals surface area contributed by atoms with Gasteiger partial charge in [-0.2, -0.15) is 0 Å². The maximum Gasteiger partial charge on any atom is 0.323 e. The molecule has 6 nitrogen and oxygen atoms in total. The van der Waals surface area contributed by atoms with Crippen LogP contribution in [0.1, 0.15) is 25.8 Å². The Labute approximate surface area is 132 Å². The molecule has 0 radical (unpaired) electrons. The van der Waals surface area contributed by atoms with Crippen molar-refractivity contribution in [3.05, 3.63) is 37.9 Å². The Hall–Kier alpha value is -1.37. The Balaban J connectivity index is 2.94. The molecule has 0 amide bonds. The molecule has 0 saturated carbocycles. The first kappa shape index (κ1) is 17.7. The summed E-state index contributed by atoms with van der Waals surface area (Å²) >= 11 is 11.9. The van der Waals surface area contributed by atoms with Crippen molar-refractivity contribution in [2.45, 2.75) is 32.9 Å². The van der Waals surface area contributed by atoms with Gasteiger partial charge < -0.3 is 4.74 Å². The van der Waals surface area contributed by atoms with Gasteiger partial charge in [-0.3, -0.25) is 20.2 Å². The first-order valence-electron chi connectivity index (χ1n) is 6.43. The maximum absolute atomic E-state index is 11.7. The average molecular weight is 335 g/mol. The topological polar surface area (TPSA) is 81.5 Å². The van der Waals surface area contributed by atoms with E-state index in [0.717, 1.165) is 0 Å². The Morgan fingerprint density at radius 2 is 2.10 bits per heavy atom. The molecule has 0 fully saturated rings. The van der Waals surface area contributed by atoms with Gasteiger partial charge in [-0.15, -0.1) is 0 Å². The van der Waals surface area contributed by atoms with Crippen LogP contribution in [0.2, 0.25) is 10.0 Å². The van der Waals surface area contributed by atoms with Gasteiger partial charge in [-0.25, -0.2) is 0 Å². The number of hydrogen-bond acceptors (Lipinski definition) is 5. The second-order valence-corrected chi connectivity index (χ2v) is 5.00. The molecule has 116 valence electrons. The Kier molecular flexibility index (Phi) is 6.87. The Morgan fingerprint density at radius 3 is 2.62 bits per heavy atom. The van der Waals surface area contributed by atoms with Crippen molar-refractivity contribution in [1.29, 1.82) is 0 Å². The first-order chi connectivity index (χ1) is 9.92. The lowest BCUT2D eigenvalue weighted by Crippen LogP contribution is -2.37. The van der Waals surface area contributed by atoms with E-state index in [1.807, 2.05) is 6.92 Å². The van der Waals surface area contributed by atoms with Crippen molar-refractivity contribution in [2.24, 2.45) is 0 Å². The van der Waals surface area contributed by atoms with Crippen LogP contribution in [0, 0.1) is 10.1 Å². The van der Waals surface area contributed by atoms with Gasteiger partial charge in [0, 0.05) is 12.6 Å².